The average Bonchev–Trinajstić information content (AvgIpc) is 2.29. The maximum Gasteiger partial charge on any atom is 0.0421 e. The van der Waals surface area contributed by atoms with Crippen molar-refractivity contribution in [1.29, 1.82) is 0 Å². The van der Waals surface area contributed by atoms with Crippen molar-refractivity contribution in [3.63, 3.8) is 0 Å². The minimum Gasteiger partial charge on any atom is -0.303 e. The first-order valence-electron chi connectivity index (χ1n) is 6.24. The standard InChI is InChI=1S/C14H24N2S/c1-12-6-7-15-14(10-12)11-13(2)16(3)8-5-9-17-4/h6-7,10,13H,5,8-9,11H2,1-4H3/t13-/m0/s1. The highest BCUT2D eigenvalue weighted by molar-refractivity contribution is 7.98. The van der Waals surface area contributed by atoms with Gasteiger partial charge in [0.15, 0.2) is 0 Å². The van der Waals surface area contributed by atoms with Gasteiger partial charge in [-0.1, -0.05) is 0 Å². The molecule has 1 atom stereocenters. The zero-order valence-electron chi connectivity index (χ0n) is 11.4. The fraction of sp³-hybridized carbons (Fsp3) is 0.643. The lowest BCUT2D eigenvalue weighted by Gasteiger charge is -2.24. The Morgan fingerprint density at radius 1 is 1.47 bits per heavy atom. The first kappa shape index (κ1) is 14.5. The highest BCUT2D eigenvalue weighted by Crippen LogP contribution is 2.08. The maximum atomic E-state index is 4.43. The Labute approximate surface area is 110 Å². The molecule has 0 aliphatic carbocycles. The number of nitrogens with zero attached hydrogens (tertiary/aromatic N) is 2. The summed E-state index contributed by atoms with van der Waals surface area (Å²) in [7, 11) is 2.21. The van der Waals surface area contributed by atoms with Gasteiger partial charge >= 0.3 is 0 Å². The summed E-state index contributed by atoms with van der Waals surface area (Å²) >= 11 is 1.92. The summed E-state index contributed by atoms with van der Waals surface area (Å²) in [6, 6.07) is 4.80. The van der Waals surface area contributed by atoms with E-state index >= 15 is 0 Å². The molecule has 3 heteroatoms. The van der Waals surface area contributed by atoms with Crippen molar-refractivity contribution < 1.29 is 0 Å². The molecule has 1 heterocycles. The largest absolute Gasteiger partial charge is 0.303 e. The third kappa shape index (κ3) is 5.55. The number of likely N-dealkylation sites (N-methyl/N-ethyl adjacent to an activating group) is 1. The van der Waals surface area contributed by atoms with Gasteiger partial charge in [-0.3, -0.25) is 4.98 Å². The van der Waals surface area contributed by atoms with Gasteiger partial charge in [0.25, 0.3) is 0 Å². The van der Waals surface area contributed by atoms with E-state index < -0.39 is 0 Å². The van der Waals surface area contributed by atoms with E-state index in [4.69, 9.17) is 0 Å². The minimum atomic E-state index is 0.561. The summed E-state index contributed by atoms with van der Waals surface area (Å²) in [5.74, 6) is 1.25. The molecule has 0 aromatic carbocycles. The van der Waals surface area contributed by atoms with Gasteiger partial charge < -0.3 is 4.90 Å². The molecular weight excluding hydrogens is 228 g/mol. The number of pyridine rings is 1. The molecule has 1 aromatic rings. The molecule has 0 saturated carbocycles. The van der Waals surface area contributed by atoms with Crippen molar-refractivity contribution in [1.82, 2.24) is 9.88 Å². The molecule has 0 unspecified atom stereocenters. The number of hydrogen-bond donors (Lipinski definition) is 0. The van der Waals surface area contributed by atoms with Gasteiger partial charge in [0.1, 0.15) is 0 Å². The van der Waals surface area contributed by atoms with Crippen molar-refractivity contribution in [2.75, 3.05) is 25.6 Å². The van der Waals surface area contributed by atoms with E-state index in [2.05, 4.69) is 49.2 Å². The smallest absolute Gasteiger partial charge is 0.0421 e. The highest BCUT2D eigenvalue weighted by Gasteiger charge is 2.10. The van der Waals surface area contributed by atoms with Crippen LogP contribution in [0.5, 0.6) is 0 Å². The van der Waals surface area contributed by atoms with Crippen LogP contribution in [-0.4, -0.2) is 41.5 Å². The van der Waals surface area contributed by atoms with E-state index in [0.717, 1.165) is 6.42 Å². The Morgan fingerprint density at radius 2 is 2.24 bits per heavy atom. The maximum absolute atomic E-state index is 4.43. The molecule has 0 aliphatic heterocycles. The number of rotatable bonds is 7. The molecule has 1 aromatic heterocycles. The molecule has 0 bridgehead atoms. The second kappa shape index (κ2) is 7.72. The summed E-state index contributed by atoms with van der Waals surface area (Å²) in [6.07, 6.45) is 6.38. The third-order valence-corrected chi connectivity index (χ3v) is 3.79. The van der Waals surface area contributed by atoms with Gasteiger partial charge in [-0.2, -0.15) is 11.8 Å². The summed E-state index contributed by atoms with van der Waals surface area (Å²) in [4.78, 5) is 6.86. The van der Waals surface area contributed by atoms with E-state index in [1.54, 1.807) is 0 Å². The quantitative estimate of drug-likeness (QED) is 0.694. The first-order valence-corrected chi connectivity index (χ1v) is 7.63. The topological polar surface area (TPSA) is 16.1 Å². The van der Waals surface area contributed by atoms with Gasteiger partial charge in [-0.05, 0) is 63.6 Å². The van der Waals surface area contributed by atoms with E-state index in [1.807, 2.05) is 18.0 Å². The fourth-order valence-electron chi connectivity index (χ4n) is 1.85. The number of aryl methyl sites for hydroxylation is 1. The lowest BCUT2D eigenvalue weighted by Crippen LogP contribution is -2.32. The van der Waals surface area contributed by atoms with Gasteiger partial charge in [0, 0.05) is 24.4 Å². The second-order valence-electron chi connectivity index (χ2n) is 4.70. The van der Waals surface area contributed by atoms with Gasteiger partial charge in [0.05, 0.1) is 0 Å². The van der Waals surface area contributed by atoms with Gasteiger partial charge in [-0.25, -0.2) is 0 Å². The Hall–Kier alpha value is -0.540. The minimum absolute atomic E-state index is 0.561. The molecule has 0 amide bonds. The van der Waals surface area contributed by atoms with Crippen LogP contribution in [-0.2, 0) is 6.42 Å². The van der Waals surface area contributed by atoms with E-state index in [0.29, 0.717) is 6.04 Å². The van der Waals surface area contributed by atoms with Gasteiger partial charge in [0.2, 0.25) is 0 Å². The lowest BCUT2D eigenvalue weighted by atomic mass is 10.1. The Morgan fingerprint density at radius 3 is 2.88 bits per heavy atom. The van der Waals surface area contributed by atoms with E-state index in [9.17, 15) is 0 Å². The monoisotopic (exact) mass is 252 g/mol. The van der Waals surface area contributed by atoms with Crippen molar-refractivity contribution in [3.8, 4) is 0 Å². The summed E-state index contributed by atoms with van der Waals surface area (Å²) < 4.78 is 0. The van der Waals surface area contributed by atoms with E-state index in [1.165, 1.54) is 30.0 Å². The van der Waals surface area contributed by atoms with Crippen LogP contribution in [0.1, 0.15) is 24.6 Å². The number of hydrogen-bond acceptors (Lipinski definition) is 3. The number of aromatic nitrogens is 1. The summed E-state index contributed by atoms with van der Waals surface area (Å²) in [6.45, 7) is 5.58. The predicted molar refractivity (Wildman–Crippen MR) is 77.8 cm³/mol. The van der Waals surface area contributed by atoms with Crippen molar-refractivity contribution >= 4 is 11.8 Å². The first-order chi connectivity index (χ1) is 8.13. The van der Waals surface area contributed by atoms with Gasteiger partial charge in [-0.15, -0.1) is 0 Å². The van der Waals surface area contributed by atoms with Crippen molar-refractivity contribution in [3.05, 3.63) is 29.6 Å². The number of thioether (sulfide) groups is 1. The second-order valence-corrected chi connectivity index (χ2v) is 5.69. The Balaban J connectivity index is 2.39. The third-order valence-electron chi connectivity index (χ3n) is 3.09. The van der Waals surface area contributed by atoms with Crippen LogP contribution in [0.15, 0.2) is 18.3 Å². The van der Waals surface area contributed by atoms with Crippen LogP contribution < -0.4 is 0 Å². The SMILES string of the molecule is CSCCCN(C)[C@@H](C)Cc1cc(C)ccn1. The molecule has 2 nitrogen and oxygen atoms in total. The highest BCUT2D eigenvalue weighted by atomic mass is 32.2. The van der Waals surface area contributed by atoms with Crippen LogP contribution in [0.3, 0.4) is 0 Å². The molecule has 0 spiro atoms. The van der Waals surface area contributed by atoms with Crippen LogP contribution in [0.25, 0.3) is 0 Å². The molecule has 17 heavy (non-hydrogen) atoms. The van der Waals surface area contributed by atoms with Crippen molar-refractivity contribution in [2.45, 2.75) is 32.7 Å². The average molecular weight is 252 g/mol. The molecule has 0 saturated heterocycles. The summed E-state index contributed by atoms with van der Waals surface area (Å²) in [5, 5.41) is 0. The molecule has 0 fully saturated rings. The zero-order chi connectivity index (χ0) is 12.7. The molecule has 0 aliphatic rings. The molecule has 96 valence electrons. The normalized spacial score (nSPS) is 13.0. The van der Waals surface area contributed by atoms with Crippen LogP contribution in [0, 0.1) is 6.92 Å². The van der Waals surface area contributed by atoms with Crippen LogP contribution in [0.2, 0.25) is 0 Å². The zero-order valence-corrected chi connectivity index (χ0v) is 12.3. The summed E-state index contributed by atoms with van der Waals surface area (Å²) in [5.41, 5.74) is 2.50. The van der Waals surface area contributed by atoms with Crippen molar-refractivity contribution in [2.24, 2.45) is 0 Å². The van der Waals surface area contributed by atoms with Crippen LogP contribution >= 0.6 is 11.8 Å². The molecule has 0 N–H and O–H groups in total. The lowest BCUT2D eigenvalue weighted by molar-refractivity contribution is 0.256. The Kier molecular flexibility index (Phi) is 6.60. The van der Waals surface area contributed by atoms with Crippen LogP contribution in [0.4, 0.5) is 0 Å². The Bertz CT molecular complexity index is 328. The molecule has 1 rings (SSSR count). The predicted octanol–water partition coefficient (Wildman–Crippen LogP) is 3.01. The van der Waals surface area contributed by atoms with E-state index in [-0.39, 0.29) is 0 Å². The fourth-order valence-corrected chi connectivity index (χ4v) is 2.27. The molecule has 0 radical (unpaired) electrons. The molecular formula is C14H24N2S.